The smallest absolute Gasteiger partial charge is 0.251 e. The second kappa shape index (κ2) is 4.06. The average Bonchev–Trinajstić information content (AvgIpc) is 2.09. The molecule has 3 N–H and O–H groups in total. The minimum absolute atomic E-state index is 0.129. The fourth-order valence-corrected chi connectivity index (χ4v) is 1.68. The van der Waals surface area contributed by atoms with E-state index in [0.717, 1.165) is 12.8 Å². The number of carbonyl (C=O) groups excluding carboxylic acids is 1. The first kappa shape index (κ1) is 10.2. The van der Waals surface area contributed by atoms with Gasteiger partial charge in [0.1, 0.15) is 11.0 Å². The van der Waals surface area contributed by atoms with Crippen LogP contribution in [-0.2, 0) is 0 Å². The Morgan fingerprint density at radius 1 is 1.53 bits per heavy atom. The minimum atomic E-state index is -0.129. The van der Waals surface area contributed by atoms with Crippen LogP contribution in [-0.4, -0.2) is 16.9 Å². The van der Waals surface area contributed by atoms with E-state index in [1.54, 1.807) is 0 Å². The molecule has 1 aromatic rings. The number of amides is 1. The van der Waals surface area contributed by atoms with Gasteiger partial charge in [0.25, 0.3) is 5.91 Å². The highest BCUT2D eigenvalue weighted by Crippen LogP contribution is 2.19. The normalized spacial score (nSPS) is 15.8. The zero-order chi connectivity index (χ0) is 10.8. The predicted octanol–water partition coefficient (Wildman–Crippen LogP) is 1.60. The van der Waals surface area contributed by atoms with Gasteiger partial charge in [0, 0.05) is 11.6 Å². The highest BCUT2D eigenvalue weighted by molar-refractivity contribution is 6.29. The van der Waals surface area contributed by atoms with Crippen LogP contribution < -0.4 is 11.1 Å². The molecule has 1 aliphatic carbocycles. The Morgan fingerprint density at radius 2 is 2.27 bits per heavy atom. The van der Waals surface area contributed by atoms with E-state index in [4.69, 9.17) is 17.3 Å². The number of nitrogen functional groups attached to an aromatic ring is 1. The largest absolute Gasteiger partial charge is 0.384 e. The maximum absolute atomic E-state index is 11.7. The lowest BCUT2D eigenvalue weighted by Gasteiger charge is -2.26. The number of hydrogen-bond donors (Lipinski definition) is 2. The van der Waals surface area contributed by atoms with Crippen molar-refractivity contribution in [3.05, 3.63) is 22.8 Å². The summed E-state index contributed by atoms with van der Waals surface area (Å²) in [5.41, 5.74) is 5.97. The lowest BCUT2D eigenvalue weighted by atomic mass is 9.93. The Kier molecular flexibility index (Phi) is 2.77. The van der Waals surface area contributed by atoms with Crippen molar-refractivity contribution in [1.29, 1.82) is 0 Å². The molecule has 0 atom stereocenters. The quantitative estimate of drug-likeness (QED) is 0.752. The molecule has 1 amide bonds. The van der Waals surface area contributed by atoms with Crippen molar-refractivity contribution in [2.75, 3.05) is 5.73 Å². The molecule has 0 spiro atoms. The maximum Gasteiger partial charge on any atom is 0.251 e. The molecule has 0 bridgehead atoms. The van der Waals surface area contributed by atoms with Crippen LogP contribution in [0.1, 0.15) is 29.6 Å². The molecule has 1 aliphatic rings. The summed E-state index contributed by atoms with van der Waals surface area (Å²) in [5.74, 6) is 0.136. The number of rotatable bonds is 2. The van der Waals surface area contributed by atoms with Gasteiger partial charge in [-0.05, 0) is 31.4 Å². The molecule has 4 nitrogen and oxygen atoms in total. The van der Waals surface area contributed by atoms with E-state index in [9.17, 15) is 4.79 Å². The van der Waals surface area contributed by atoms with Crippen molar-refractivity contribution >= 4 is 23.3 Å². The van der Waals surface area contributed by atoms with E-state index in [2.05, 4.69) is 10.3 Å². The van der Waals surface area contributed by atoms with Crippen molar-refractivity contribution in [2.45, 2.75) is 25.3 Å². The van der Waals surface area contributed by atoms with Gasteiger partial charge in [-0.25, -0.2) is 4.98 Å². The SMILES string of the molecule is Nc1cc(C(=O)NC2CCC2)cc(Cl)n1. The van der Waals surface area contributed by atoms with E-state index >= 15 is 0 Å². The van der Waals surface area contributed by atoms with E-state index in [1.165, 1.54) is 18.6 Å². The number of pyridine rings is 1. The summed E-state index contributed by atoms with van der Waals surface area (Å²) < 4.78 is 0. The molecule has 1 heterocycles. The number of anilines is 1. The minimum Gasteiger partial charge on any atom is -0.384 e. The van der Waals surface area contributed by atoms with Crippen LogP contribution in [0.5, 0.6) is 0 Å². The van der Waals surface area contributed by atoms with E-state index in [-0.39, 0.29) is 16.9 Å². The first-order valence-corrected chi connectivity index (χ1v) is 5.27. The van der Waals surface area contributed by atoms with Gasteiger partial charge in [-0.15, -0.1) is 0 Å². The number of carbonyl (C=O) groups is 1. The van der Waals surface area contributed by atoms with Crippen molar-refractivity contribution in [3.63, 3.8) is 0 Å². The van der Waals surface area contributed by atoms with Crippen molar-refractivity contribution in [2.24, 2.45) is 0 Å². The molecule has 0 aliphatic heterocycles. The van der Waals surface area contributed by atoms with Gasteiger partial charge < -0.3 is 11.1 Å². The third kappa shape index (κ3) is 2.39. The second-order valence-electron chi connectivity index (χ2n) is 3.70. The molecule has 15 heavy (non-hydrogen) atoms. The molecule has 5 heteroatoms. The monoisotopic (exact) mass is 225 g/mol. The zero-order valence-corrected chi connectivity index (χ0v) is 8.92. The van der Waals surface area contributed by atoms with Crippen LogP contribution >= 0.6 is 11.6 Å². The number of nitrogens with zero attached hydrogens (tertiary/aromatic N) is 1. The Balaban J connectivity index is 2.10. The predicted molar refractivity (Wildman–Crippen MR) is 58.8 cm³/mol. The van der Waals surface area contributed by atoms with Crippen molar-refractivity contribution in [3.8, 4) is 0 Å². The lowest BCUT2D eigenvalue weighted by molar-refractivity contribution is 0.0917. The average molecular weight is 226 g/mol. The molecular weight excluding hydrogens is 214 g/mol. The Morgan fingerprint density at radius 3 is 2.80 bits per heavy atom. The second-order valence-corrected chi connectivity index (χ2v) is 4.09. The molecule has 0 unspecified atom stereocenters. The van der Waals surface area contributed by atoms with Crippen LogP contribution in [0.2, 0.25) is 5.15 Å². The van der Waals surface area contributed by atoms with Crippen LogP contribution in [0.4, 0.5) is 5.82 Å². The van der Waals surface area contributed by atoms with E-state index in [0.29, 0.717) is 11.6 Å². The zero-order valence-electron chi connectivity index (χ0n) is 8.16. The highest BCUT2D eigenvalue weighted by atomic mass is 35.5. The highest BCUT2D eigenvalue weighted by Gasteiger charge is 2.20. The van der Waals surface area contributed by atoms with E-state index < -0.39 is 0 Å². The molecule has 80 valence electrons. The third-order valence-corrected chi connectivity index (χ3v) is 2.71. The fourth-order valence-electron chi connectivity index (χ4n) is 1.47. The molecular formula is C10H12ClN3O. The maximum atomic E-state index is 11.7. The van der Waals surface area contributed by atoms with Gasteiger partial charge in [0.2, 0.25) is 0 Å². The standard InChI is InChI=1S/C10H12ClN3O/c11-8-4-6(5-9(12)14-8)10(15)13-7-2-1-3-7/h4-5,7H,1-3H2,(H2,12,14)(H,13,15). The number of nitrogens with two attached hydrogens (primary N) is 1. The third-order valence-electron chi connectivity index (χ3n) is 2.52. The van der Waals surface area contributed by atoms with Crippen molar-refractivity contribution < 1.29 is 4.79 Å². The fraction of sp³-hybridized carbons (Fsp3) is 0.400. The number of aromatic nitrogens is 1. The summed E-state index contributed by atoms with van der Waals surface area (Å²) >= 11 is 5.71. The number of hydrogen-bond acceptors (Lipinski definition) is 3. The molecule has 0 saturated heterocycles. The van der Waals surface area contributed by atoms with Gasteiger partial charge in [-0.3, -0.25) is 4.79 Å². The summed E-state index contributed by atoms with van der Waals surface area (Å²) in [6.45, 7) is 0. The summed E-state index contributed by atoms with van der Waals surface area (Å²) in [6.07, 6.45) is 3.30. The molecule has 0 aromatic carbocycles. The Labute approximate surface area is 92.8 Å². The van der Waals surface area contributed by atoms with Gasteiger partial charge in [0.15, 0.2) is 0 Å². The van der Waals surface area contributed by atoms with Crippen LogP contribution in [0.25, 0.3) is 0 Å². The summed E-state index contributed by atoms with van der Waals surface area (Å²) in [7, 11) is 0. The van der Waals surface area contributed by atoms with Gasteiger partial charge in [-0.1, -0.05) is 11.6 Å². The van der Waals surface area contributed by atoms with Crippen LogP contribution in [0, 0.1) is 0 Å². The summed E-state index contributed by atoms with van der Waals surface area (Å²) in [6, 6.07) is 3.36. The molecule has 1 saturated carbocycles. The first-order chi connectivity index (χ1) is 7.15. The lowest BCUT2D eigenvalue weighted by Crippen LogP contribution is -2.39. The molecule has 2 rings (SSSR count). The first-order valence-electron chi connectivity index (χ1n) is 4.89. The van der Waals surface area contributed by atoms with Gasteiger partial charge in [-0.2, -0.15) is 0 Å². The molecule has 0 radical (unpaired) electrons. The summed E-state index contributed by atoms with van der Waals surface area (Å²) in [4.78, 5) is 15.5. The molecule has 1 fully saturated rings. The Hall–Kier alpha value is -1.29. The van der Waals surface area contributed by atoms with Gasteiger partial charge in [0.05, 0.1) is 0 Å². The number of nitrogens with one attached hydrogen (secondary N) is 1. The van der Waals surface area contributed by atoms with Crippen LogP contribution in [0.15, 0.2) is 12.1 Å². The Bertz CT molecular complexity index is 370. The summed E-state index contributed by atoms with van der Waals surface area (Å²) in [5, 5.41) is 3.15. The molecule has 1 aromatic heterocycles. The topological polar surface area (TPSA) is 68.0 Å². The van der Waals surface area contributed by atoms with Crippen LogP contribution in [0.3, 0.4) is 0 Å². The van der Waals surface area contributed by atoms with Crippen molar-refractivity contribution in [1.82, 2.24) is 10.3 Å². The van der Waals surface area contributed by atoms with Gasteiger partial charge >= 0.3 is 0 Å². The van der Waals surface area contributed by atoms with E-state index in [1.807, 2.05) is 0 Å². The number of halogens is 1.